The standard InChI is InChI=1S/C20H19F3N2O5/c1-29-16-9-5-4-8-15(16)25-17(26)10-11-19(28)30-12-18(27)24-14-7-3-2-6-13(14)20(21,22)23/h2-9H,10-12H2,1H3,(H,24,27)(H,25,26). The smallest absolute Gasteiger partial charge is 0.418 e. The number of hydrogen-bond acceptors (Lipinski definition) is 5. The van der Waals surface area contributed by atoms with Crippen LogP contribution in [-0.4, -0.2) is 31.5 Å². The molecular weight excluding hydrogens is 405 g/mol. The molecule has 0 saturated carbocycles. The van der Waals surface area contributed by atoms with Crippen LogP contribution in [0.2, 0.25) is 0 Å². The van der Waals surface area contributed by atoms with Gasteiger partial charge < -0.3 is 20.1 Å². The number of para-hydroxylation sites is 3. The lowest BCUT2D eigenvalue weighted by atomic mass is 10.1. The van der Waals surface area contributed by atoms with Crippen molar-refractivity contribution in [2.24, 2.45) is 0 Å². The summed E-state index contributed by atoms with van der Waals surface area (Å²) < 4.78 is 48.5. The molecular formula is C20H19F3N2O5. The summed E-state index contributed by atoms with van der Waals surface area (Å²) in [4.78, 5) is 35.5. The molecule has 2 rings (SSSR count). The van der Waals surface area contributed by atoms with Gasteiger partial charge >= 0.3 is 12.1 Å². The second-order valence-corrected chi connectivity index (χ2v) is 6.00. The fraction of sp³-hybridized carbons (Fsp3) is 0.250. The Balaban J connectivity index is 1.78. The average molecular weight is 424 g/mol. The highest BCUT2D eigenvalue weighted by atomic mass is 19.4. The van der Waals surface area contributed by atoms with Crippen molar-refractivity contribution in [3.63, 3.8) is 0 Å². The average Bonchev–Trinajstić information content (AvgIpc) is 2.70. The SMILES string of the molecule is COc1ccccc1NC(=O)CCC(=O)OCC(=O)Nc1ccccc1C(F)(F)F. The Hall–Kier alpha value is -3.56. The number of methoxy groups -OCH3 is 1. The molecule has 0 heterocycles. The van der Waals surface area contributed by atoms with E-state index in [4.69, 9.17) is 9.47 Å². The first-order valence-corrected chi connectivity index (χ1v) is 8.75. The van der Waals surface area contributed by atoms with Crippen LogP contribution < -0.4 is 15.4 Å². The van der Waals surface area contributed by atoms with Crippen LogP contribution in [0, 0.1) is 0 Å². The van der Waals surface area contributed by atoms with Crippen LogP contribution in [0.25, 0.3) is 0 Å². The van der Waals surface area contributed by atoms with E-state index in [1.807, 2.05) is 0 Å². The van der Waals surface area contributed by atoms with Crippen LogP contribution >= 0.6 is 0 Å². The molecule has 0 aliphatic rings. The lowest BCUT2D eigenvalue weighted by molar-refractivity contribution is -0.148. The van der Waals surface area contributed by atoms with Gasteiger partial charge in [0.1, 0.15) is 5.75 Å². The number of anilines is 2. The predicted molar refractivity (Wildman–Crippen MR) is 102 cm³/mol. The quantitative estimate of drug-likeness (QED) is 0.632. The lowest BCUT2D eigenvalue weighted by Gasteiger charge is -2.13. The van der Waals surface area contributed by atoms with Crippen LogP contribution in [0.5, 0.6) is 5.75 Å². The maximum absolute atomic E-state index is 12.9. The van der Waals surface area contributed by atoms with Crippen LogP contribution in [-0.2, 0) is 25.3 Å². The Bertz CT molecular complexity index is 915. The molecule has 2 aromatic rings. The van der Waals surface area contributed by atoms with E-state index in [0.29, 0.717) is 11.4 Å². The summed E-state index contributed by atoms with van der Waals surface area (Å²) in [6.45, 7) is -0.779. The molecule has 0 unspecified atom stereocenters. The third kappa shape index (κ3) is 6.80. The number of alkyl halides is 3. The zero-order valence-corrected chi connectivity index (χ0v) is 15.9. The first-order valence-electron chi connectivity index (χ1n) is 8.75. The summed E-state index contributed by atoms with van der Waals surface area (Å²) in [5, 5.41) is 4.63. The fourth-order valence-corrected chi connectivity index (χ4v) is 2.42. The van der Waals surface area contributed by atoms with E-state index in [1.165, 1.54) is 19.2 Å². The van der Waals surface area contributed by atoms with E-state index in [-0.39, 0.29) is 12.8 Å². The normalized spacial score (nSPS) is 10.8. The van der Waals surface area contributed by atoms with Crippen molar-refractivity contribution in [1.82, 2.24) is 0 Å². The van der Waals surface area contributed by atoms with Crippen molar-refractivity contribution in [3.05, 3.63) is 54.1 Å². The van der Waals surface area contributed by atoms with Gasteiger partial charge in [-0.05, 0) is 24.3 Å². The highest BCUT2D eigenvalue weighted by molar-refractivity contribution is 5.95. The third-order valence-electron chi connectivity index (χ3n) is 3.81. The number of esters is 1. The molecule has 7 nitrogen and oxygen atoms in total. The number of ether oxygens (including phenoxy) is 2. The highest BCUT2D eigenvalue weighted by Gasteiger charge is 2.33. The molecule has 2 amide bonds. The van der Waals surface area contributed by atoms with Gasteiger partial charge in [-0.3, -0.25) is 14.4 Å². The van der Waals surface area contributed by atoms with Gasteiger partial charge in [0, 0.05) is 6.42 Å². The number of nitrogens with one attached hydrogen (secondary N) is 2. The zero-order valence-electron chi connectivity index (χ0n) is 15.9. The summed E-state index contributed by atoms with van der Waals surface area (Å²) in [5.41, 5.74) is -1.03. The maximum atomic E-state index is 12.9. The monoisotopic (exact) mass is 424 g/mol. The Labute approximate surface area is 170 Å². The van der Waals surface area contributed by atoms with E-state index >= 15 is 0 Å². The molecule has 0 bridgehead atoms. The number of amides is 2. The van der Waals surface area contributed by atoms with Crippen molar-refractivity contribution < 1.29 is 37.0 Å². The zero-order chi connectivity index (χ0) is 22.1. The number of rotatable bonds is 8. The van der Waals surface area contributed by atoms with Crippen molar-refractivity contribution in [1.29, 1.82) is 0 Å². The van der Waals surface area contributed by atoms with Crippen molar-refractivity contribution in [3.8, 4) is 5.75 Å². The van der Waals surface area contributed by atoms with Gasteiger partial charge in [-0.2, -0.15) is 13.2 Å². The van der Waals surface area contributed by atoms with Gasteiger partial charge in [-0.25, -0.2) is 0 Å². The predicted octanol–water partition coefficient (Wildman–Crippen LogP) is 3.61. The number of carbonyl (C=O) groups excluding carboxylic acids is 3. The molecule has 0 aliphatic carbocycles. The molecule has 0 radical (unpaired) electrons. The molecule has 30 heavy (non-hydrogen) atoms. The van der Waals surface area contributed by atoms with E-state index in [1.54, 1.807) is 24.3 Å². The Morgan fingerprint density at radius 2 is 1.47 bits per heavy atom. The molecule has 0 aliphatic heterocycles. The van der Waals surface area contributed by atoms with Gasteiger partial charge in [0.15, 0.2) is 6.61 Å². The van der Waals surface area contributed by atoms with Gasteiger partial charge in [-0.1, -0.05) is 24.3 Å². The Morgan fingerprint density at radius 1 is 0.867 bits per heavy atom. The first kappa shape index (κ1) is 22.7. The Kier molecular flexibility index (Phi) is 7.79. The molecule has 160 valence electrons. The van der Waals surface area contributed by atoms with Crippen LogP contribution in [0.1, 0.15) is 18.4 Å². The summed E-state index contributed by atoms with van der Waals surface area (Å²) in [6, 6.07) is 11.1. The molecule has 0 atom stereocenters. The van der Waals surface area contributed by atoms with Gasteiger partial charge in [0.25, 0.3) is 5.91 Å². The molecule has 0 spiro atoms. The van der Waals surface area contributed by atoms with E-state index < -0.39 is 41.8 Å². The summed E-state index contributed by atoms with van der Waals surface area (Å²) in [5.74, 6) is -1.80. The molecule has 2 aromatic carbocycles. The van der Waals surface area contributed by atoms with Crippen molar-refractivity contribution in [2.45, 2.75) is 19.0 Å². The first-order chi connectivity index (χ1) is 14.2. The number of benzene rings is 2. The van der Waals surface area contributed by atoms with E-state index in [2.05, 4.69) is 10.6 Å². The minimum atomic E-state index is -4.64. The fourth-order valence-electron chi connectivity index (χ4n) is 2.42. The highest BCUT2D eigenvalue weighted by Crippen LogP contribution is 2.34. The second-order valence-electron chi connectivity index (χ2n) is 6.00. The molecule has 0 aromatic heterocycles. The van der Waals surface area contributed by atoms with Crippen LogP contribution in [0.3, 0.4) is 0 Å². The Morgan fingerprint density at radius 3 is 2.13 bits per heavy atom. The molecule has 0 saturated heterocycles. The van der Waals surface area contributed by atoms with Crippen LogP contribution in [0.15, 0.2) is 48.5 Å². The minimum absolute atomic E-state index is 0.213. The van der Waals surface area contributed by atoms with Crippen LogP contribution in [0.4, 0.5) is 24.5 Å². The lowest BCUT2D eigenvalue weighted by Crippen LogP contribution is -2.23. The number of hydrogen-bond donors (Lipinski definition) is 2. The molecule has 10 heteroatoms. The largest absolute Gasteiger partial charge is 0.495 e. The summed E-state index contributed by atoms with van der Waals surface area (Å²) >= 11 is 0. The summed E-state index contributed by atoms with van der Waals surface area (Å²) in [7, 11) is 1.44. The number of halogens is 3. The van der Waals surface area contributed by atoms with E-state index in [0.717, 1.165) is 12.1 Å². The molecule has 2 N–H and O–H groups in total. The maximum Gasteiger partial charge on any atom is 0.418 e. The van der Waals surface area contributed by atoms with Gasteiger partial charge in [-0.15, -0.1) is 0 Å². The van der Waals surface area contributed by atoms with Crippen molar-refractivity contribution in [2.75, 3.05) is 24.4 Å². The topological polar surface area (TPSA) is 93.7 Å². The summed E-state index contributed by atoms with van der Waals surface area (Å²) in [6.07, 6.45) is -5.17. The van der Waals surface area contributed by atoms with Gasteiger partial charge in [0.2, 0.25) is 5.91 Å². The van der Waals surface area contributed by atoms with Gasteiger partial charge in [0.05, 0.1) is 30.5 Å². The van der Waals surface area contributed by atoms with Crippen molar-refractivity contribution >= 4 is 29.2 Å². The number of carbonyl (C=O) groups is 3. The molecule has 0 fully saturated rings. The minimum Gasteiger partial charge on any atom is -0.495 e. The second kappa shape index (κ2) is 10.3. The third-order valence-corrected chi connectivity index (χ3v) is 3.81. The van der Waals surface area contributed by atoms with E-state index in [9.17, 15) is 27.6 Å².